The molecule has 1 heterocycles. The summed E-state index contributed by atoms with van der Waals surface area (Å²) in [6.45, 7) is 0.0753. The number of hydrogen-bond donors (Lipinski definition) is 1. The van der Waals surface area contributed by atoms with Crippen LogP contribution in [0.5, 0.6) is 17.2 Å². The molecule has 6 heteroatoms. The van der Waals surface area contributed by atoms with Crippen LogP contribution < -0.4 is 19.9 Å². The molecule has 0 fully saturated rings. The molecule has 0 bridgehead atoms. The normalized spacial score (nSPS) is 15.3. The first kappa shape index (κ1) is 10.9. The Morgan fingerprint density at radius 1 is 1.31 bits per heavy atom. The van der Waals surface area contributed by atoms with E-state index in [2.05, 4.69) is 0 Å². The van der Waals surface area contributed by atoms with Gasteiger partial charge in [-0.15, -0.1) is 0 Å². The molecule has 4 nitrogen and oxygen atoms in total. The summed E-state index contributed by atoms with van der Waals surface area (Å²) in [5.74, 6) is 1.16. The van der Waals surface area contributed by atoms with Crippen molar-refractivity contribution in [1.82, 2.24) is 0 Å². The van der Waals surface area contributed by atoms with Gasteiger partial charge in [0, 0.05) is 11.6 Å². The number of fused-ring (bicyclic) bond motifs is 1. The zero-order valence-electron chi connectivity index (χ0n) is 8.57. The van der Waals surface area contributed by atoms with Gasteiger partial charge in [0.15, 0.2) is 11.5 Å². The van der Waals surface area contributed by atoms with Gasteiger partial charge >= 0.3 is 0 Å². The van der Waals surface area contributed by atoms with E-state index in [-0.39, 0.29) is 18.1 Å². The molecule has 1 atom stereocenters. The molecule has 16 heavy (non-hydrogen) atoms. The second kappa shape index (κ2) is 4.13. The van der Waals surface area contributed by atoms with E-state index in [0.29, 0.717) is 11.5 Å². The van der Waals surface area contributed by atoms with Crippen LogP contribution in [0.15, 0.2) is 12.1 Å². The third-order valence-electron chi connectivity index (χ3n) is 2.36. The summed E-state index contributed by atoms with van der Waals surface area (Å²) in [5, 5.41) is 0. The van der Waals surface area contributed by atoms with E-state index < -0.39 is 12.5 Å². The second-order valence-corrected chi connectivity index (χ2v) is 3.31. The molecule has 88 valence electrons. The van der Waals surface area contributed by atoms with Gasteiger partial charge in [-0.1, -0.05) is 0 Å². The summed E-state index contributed by atoms with van der Waals surface area (Å²) in [6.07, 6.45) is -2.66. The Morgan fingerprint density at radius 2 is 1.94 bits per heavy atom. The highest BCUT2D eigenvalue weighted by atomic mass is 19.3. The molecular weight excluding hydrogens is 220 g/mol. The lowest BCUT2D eigenvalue weighted by Crippen LogP contribution is -2.19. The van der Waals surface area contributed by atoms with Crippen molar-refractivity contribution in [2.75, 3.05) is 13.9 Å². The van der Waals surface area contributed by atoms with E-state index in [4.69, 9.17) is 19.9 Å². The van der Waals surface area contributed by atoms with Crippen LogP contribution in [0.25, 0.3) is 0 Å². The fraction of sp³-hybridized carbons (Fsp3) is 0.400. The zero-order chi connectivity index (χ0) is 11.7. The van der Waals surface area contributed by atoms with E-state index in [0.717, 1.165) is 0 Å². The van der Waals surface area contributed by atoms with Gasteiger partial charge in [0.1, 0.15) is 5.75 Å². The number of nitrogens with two attached hydrogens (primary N) is 1. The molecule has 2 N–H and O–H groups in total. The van der Waals surface area contributed by atoms with Crippen molar-refractivity contribution in [1.29, 1.82) is 0 Å². The molecule has 1 aromatic rings. The summed E-state index contributed by atoms with van der Waals surface area (Å²) in [4.78, 5) is 0. The minimum absolute atomic E-state index is 0.0753. The summed E-state index contributed by atoms with van der Waals surface area (Å²) in [7, 11) is 1.39. The molecule has 0 radical (unpaired) electrons. The summed E-state index contributed by atoms with van der Waals surface area (Å²) in [5.41, 5.74) is 5.59. The van der Waals surface area contributed by atoms with Crippen molar-refractivity contribution in [2.45, 2.75) is 12.5 Å². The third-order valence-corrected chi connectivity index (χ3v) is 2.36. The van der Waals surface area contributed by atoms with Gasteiger partial charge in [0.05, 0.1) is 13.2 Å². The molecule has 1 unspecified atom stereocenters. The Kier molecular flexibility index (Phi) is 2.82. The van der Waals surface area contributed by atoms with Gasteiger partial charge in [0.2, 0.25) is 6.79 Å². The van der Waals surface area contributed by atoms with Crippen LogP contribution in [-0.4, -0.2) is 20.3 Å². The maximum Gasteiger partial charge on any atom is 0.257 e. The lowest BCUT2D eigenvalue weighted by Gasteiger charge is -2.15. The van der Waals surface area contributed by atoms with Gasteiger partial charge in [-0.25, -0.2) is 8.78 Å². The highest BCUT2D eigenvalue weighted by Gasteiger charge is 2.25. The van der Waals surface area contributed by atoms with Gasteiger partial charge < -0.3 is 19.9 Å². The molecule has 1 aliphatic rings. The van der Waals surface area contributed by atoms with E-state index in [1.807, 2.05) is 0 Å². The monoisotopic (exact) mass is 231 g/mol. The summed E-state index contributed by atoms with van der Waals surface area (Å²) < 4.78 is 40.2. The van der Waals surface area contributed by atoms with Gasteiger partial charge in [0.25, 0.3) is 6.43 Å². The van der Waals surface area contributed by atoms with Crippen LogP contribution in [0.1, 0.15) is 11.6 Å². The summed E-state index contributed by atoms with van der Waals surface area (Å²) >= 11 is 0. The first-order valence-electron chi connectivity index (χ1n) is 4.64. The molecule has 0 aliphatic carbocycles. The Bertz CT molecular complexity index is 398. The maximum atomic E-state index is 12.5. The topological polar surface area (TPSA) is 53.7 Å². The van der Waals surface area contributed by atoms with Crippen molar-refractivity contribution in [3.8, 4) is 17.2 Å². The number of methoxy groups -OCH3 is 1. The van der Waals surface area contributed by atoms with E-state index >= 15 is 0 Å². The second-order valence-electron chi connectivity index (χ2n) is 3.31. The average Bonchev–Trinajstić information content (AvgIpc) is 2.72. The fourth-order valence-corrected chi connectivity index (χ4v) is 1.51. The van der Waals surface area contributed by atoms with E-state index in [1.165, 1.54) is 19.2 Å². The smallest absolute Gasteiger partial charge is 0.257 e. The molecule has 2 rings (SSSR count). The third kappa shape index (κ3) is 1.76. The number of hydrogen-bond acceptors (Lipinski definition) is 4. The number of alkyl halides is 2. The molecule has 0 spiro atoms. The van der Waals surface area contributed by atoms with Crippen molar-refractivity contribution >= 4 is 0 Å². The van der Waals surface area contributed by atoms with Crippen molar-refractivity contribution < 1.29 is 23.0 Å². The Morgan fingerprint density at radius 3 is 2.50 bits per heavy atom. The van der Waals surface area contributed by atoms with Crippen LogP contribution in [0, 0.1) is 0 Å². The van der Waals surface area contributed by atoms with Gasteiger partial charge in [-0.2, -0.15) is 0 Å². The van der Waals surface area contributed by atoms with Crippen molar-refractivity contribution in [2.24, 2.45) is 5.73 Å². The number of rotatable bonds is 3. The lowest BCUT2D eigenvalue weighted by molar-refractivity contribution is 0.115. The molecule has 1 aromatic carbocycles. The minimum atomic E-state index is -2.66. The predicted molar refractivity (Wildman–Crippen MR) is 52.0 cm³/mol. The van der Waals surface area contributed by atoms with Crippen molar-refractivity contribution in [3.63, 3.8) is 0 Å². The van der Waals surface area contributed by atoms with Crippen molar-refractivity contribution in [3.05, 3.63) is 17.7 Å². The SMILES string of the molecule is COc1cc2c(cc1C(N)C(F)F)OCO2. The fourth-order valence-electron chi connectivity index (χ4n) is 1.51. The van der Waals surface area contributed by atoms with Gasteiger partial charge in [-0.05, 0) is 6.07 Å². The predicted octanol–water partition coefficient (Wildman–Crippen LogP) is 1.69. The first-order valence-corrected chi connectivity index (χ1v) is 4.64. The molecular formula is C10H11F2NO3. The highest BCUT2D eigenvalue weighted by molar-refractivity contribution is 5.52. The standard InChI is InChI=1S/C10H11F2NO3/c1-14-6-3-8-7(15-4-16-8)2-5(6)9(13)10(11)12/h2-3,9-10H,4,13H2,1H3. The van der Waals surface area contributed by atoms with Crippen LogP contribution in [0.3, 0.4) is 0 Å². The number of ether oxygens (including phenoxy) is 3. The first-order chi connectivity index (χ1) is 7.63. The van der Waals surface area contributed by atoms with Crippen LogP contribution >= 0.6 is 0 Å². The maximum absolute atomic E-state index is 12.5. The highest BCUT2D eigenvalue weighted by Crippen LogP contribution is 2.40. The quantitative estimate of drug-likeness (QED) is 0.860. The molecule has 0 amide bonds. The van der Waals surface area contributed by atoms with Crippen LogP contribution in [-0.2, 0) is 0 Å². The largest absolute Gasteiger partial charge is 0.496 e. The average molecular weight is 231 g/mol. The van der Waals surface area contributed by atoms with E-state index in [1.54, 1.807) is 0 Å². The zero-order valence-corrected chi connectivity index (χ0v) is 8.57. The molecule has 1 aliphatic heterocycles. The van der Waals surface area contributed by atoms with E-state index in [9.17, 15) is 8.78 Å². The Balaban J connectivity index is 2.43. The number of benzene rings is 1. The molecule has 0 aromatic heterocycles. The summed E-state index contributed by atoms with van der Waals surface area (Å²) in [6, 6.07) is 1.53. The van der Waals surface area contributed by atoms with Gasteiger partial charge in [-0.3, -0.25) is 0 Å². The molecule has 0 saturated carbocycles. The minimum Gasteiger partial charge on any atom is -0.496 e. The lowest BCUT2D eigenvalue weighted by atomic mass is 10.1. The Labute approximate surface area is 90.9 Å². The molecule has 0 saturated heterocycles. The number of halogens is 2. The van der Waals surface area contributed by atoms with Crippen LogP contribution in [0.2, 0.25) is 0 Å². The van der Waals surface area contributed by atoms with Crippen LogP contribution in [0.4, 0.5) is 8.78 Å². The Hall–Kier alpha value is -1.56.